The molecule has 0 fully saturated rings. The fraction of sp³-hybridized carbons (Fsp3) is 0.263. The van der Waals surface area contributed by atoms with E-state index in [9.17, 15) is 14.7 Å². The molecule has 23 heavy (non-hydrogen) atoms. The van der Waals surface area contributed by atoms with Crippen molar-refractivity contribution in [1.29, 1.82) is 0 Å². The van der Waals surface area contributed by atoms with E-state index in [1.807, 2.05) is 42.5 Å². The zero-order valence-corrected chi connectivity index (χ0v) is 13.3. The lowest BCUT2D eigenvalue weighted by Gasteiger charge is -2.15. The first kappa shape index (κ1) is 16.7. The summed E-state index contributed by atoms with van der Waals surface area (Å²) < 4.78 is 0. The van der Waals surface area contributed by atoms with Crippen LogP contribution in [0.2, 0.25) is 0 Å². The molecule has 0 radical (unpaired) electrons. The highest BCUT2D eigenvalue weighted by molar-refractivity contribution is 5.96. The second kappa shape index (κ2) is 7.58. The molecule has 0 heterocycles. The van der Waals surface area contributed by atoms with Crippen LogP contribution in [0.1, 0.15) is 41.3 Å². The Bertz CT molecular complexity index is 663. The Morgan fingerprint density at radius 2 is 1.61 bits per heavy atom. The number of carbonyl (C=O) groups is 2. The van der Waals surface area contributed by atoms with Crippen LogP contribution in [-0.4, -0.2) is 23.0 Å². The molecule has 0 aliphatic carbocycles. The Morgan fingerprint density at radius 3 is 2.13 bits per heavy atom. The molecule has 2 aromatic carbocycles. The number of benzene rings is 2. The van der Waals surface area contributed by atoms with Crippen LogP contribution in [0, 0.1) is 0 Å². The van der Waals surface area contributed by atoms with E-state index < -0.39 is 12.0 Å². The van der Waals surface area contributed by atoms with Gasteiger partial charge in [-0.05, 0) is 29.2 Å². The average molecular weight is 311 g/mol. The summed E-state index contributed by atoms with van der Waals surface area (Å²) in [6.45, 7) is 4.16. The van der Waals surface area contributed by atoms with Crippen LogP contribution >= 0.6 is 0 Å². The minimum absolute atomic E-state index is 0.256. The van der Waals surface area contributed by atoms with Crippen LogP contribution in [0.5, 0.6) is 0 Å². The van der Waals surface area contributed by atoms with Crippen LogP contribution in [-0.2, 0) is 11.2 Å². The second-order valence-electron chi connectivity index (χ2n) is 5.83. The Balaban J connectivity index is 2.07. The summed E-state index contributed by atoms with van der Waals surface area (Å²) in [7, 11) is 0. The number of nitrogens with one attached hydrogen (secondary N) is 1. The van der Waals surface area contributed by atoms with Gasteiger partial charge in [0.05, 0.1) is 0 Å². The van der Waals surface area contributed by atoms with Gasteiger partial charge in [-0.2, -0.15) is 0 Å². The number of amides is 1. The normalized spacial score (nSPS) is 12.0. The molecule has 2 aromatic rings. The molecule has 4 heteroatoms. The number of hydrogen-bond acceptors (Lipinski definition) is 2. The van der Waals surface area contributed by atoms with E-state index in [-0.39, 0.29) is 12.3 Å². The SMILES string of the molecule is CC(C)c1ccc(C(=O)N[C@H](Cc2ccccc2)C(=O)O)cc1. The van der Waals surface area contributed by atoms with Crippen molar-refractivity contribution in [3.05, 3.63) is 71.3 Å². The van der Waals surface area contributed by atoms with Crippen LogP contribution in [0.25, 0.3) is 0 Å². The summed E-state index contributed by atoms with van der Waals surface area (Å²) >= 11 is 0. The van der Waals surface area contributed by atoms with Crippen molar-refractivity contribution in [2.45, 2.75) is 32.2 Å². The molecule has 0 spiro atoms. The van der Waals surface area contributed by atoms with Crippen molar-refractivity contribution >= 4 is 11.9 Å². The van der Waals surface area contributed by atoms with E-state index in [0.717, 1.165) is 11.1 Å². The van der Waals surface area contributed by atoms with Gasteiger partial charge in [0, 0.05) is 12.0 Å². The molecule has 0 saturated heterocycles. The van der Waals surface area contributed by atoms with Gasteiger partial charge in [-0.3, -0.25) is 4.79 Å². The van der Waals surface area contributed by atoms with Crippen LogP contribution in [0.3, 0.4) is 0 Å². The molecule has 0 saturated carbocycles. The molecule has 0 aliphatic rings. The first-order chi connectivity index (χ1) is 11.0. The molecular formula is C19H21NO3. The molecule has 2 N–H and O–H groups in total. The van der Waals surface area contributed by atoms with Crippen molar-refractivity contribution in [3.63, 3.8) is 0 Å². The summed E-state index contributed by atoms with van der Waals surface area (Å²) in [4.78, 5) is 23.7. The standard InChI is InChI=1S/C19H21NO3/c1-13(2)15-8-10-16(11-9-15)18(21)20-17(19(22)23)12-14-6-4-3-5-7-14/h3-11,13,17H,12H2,1-2H3,(H,20,21)(H,22,23)/t17-/m1/s1. The highest BCUT2D eigenvalue weighted by Gasteiger charge is 2.21. The van der Waals surface area contributed by atoms with Gasteiger partial charge in [0.25, 0.3) is 5.91 Å². The average Bonchev–Trinajstić information content (AvgIpc) is 2.55. The number of rotatable bonds is 6. The van der Waals surface area contributed by atoms with E-state index in [1.54, 1.807) is 12.1 Å². The fourth-order valence-corrected chi connectivity index (χ4v) is 2.31. The van der Waals surface area contributed by atoms with Crippen molar-refractivity contribution in [3.8, 4) is 0 Å². The van der Waals surface area contributed by atoms with E-state index in [2.05, 4.69) is 19.2 Å². The first-order valence-corrected chi connectivity index (χ1v) is 7.65. The maximum absolute atomic E-state index is 12.3. The summed E-state index contributed by atoms with van der Waals surface area (Å²) in [6.07, 6.45) is 0.256. The van der Waals surface area contributed by atoms with Gasteiger partial charge in [-0.1, -0.05) is 56.3 Å². The summed E-state index contributed by atoms with van der Waals surface area (Å²) in [6, 6.07) is 15.6. The van der Waals surface area contributed by atoms with Crippen molar-refractivity contribution < 1.29 is 14.7 Å². The molecule has 4 nitrogen and oxygen atoms in total. The Morgan fingerprint density at radius 1 is 1.00 bits per heavy atom. The van der Waals surface area contributed by atoms with Crippen molar-refractivity contribution in [1.82, 2.24) is 5.32 Å². The third kappa shape index (κ3) is 4.68. The number of carboxylic acids is 1. The lowest BCUT2D eigenvalue weighted by molar-refractivity contribution is -0.139. The highest BCUT2D eigenvalue weighted by atomic mass is 16.4. The Labute approximate surface area is 136 Å². The Hall–Kier alpha value is -2.62. The molecule has 2 rings (SSSR count). The smallest absolute Gasteiger partial charge is 0.326 e. The monoisotopic (exact) mass is 311 g/mol. The van der Waals surface area contributed by atoms with Gasteiger partial charge in [-0.25, -0.2) is 4.79 Å². The molecule has 0 aromatic heterocycles. The highest BCUT2D eigenvalue weighted by Crippen LogP contribution is 2.15. The molecule has 0 unspecified atom stereocenters. The van der Waals surface area contributed by atoms with Gasteiger partial charge < -0.3 is 10.4 Å². The third-order valence-electron chi connectivity index (χ3n) is 3.73. The van der Waals surface area contributed by atoms with Gasteiger partial charge >= 0.3 is 5.97 Å². The van der Waals surface area contributed by atoms with E-state index in [0.29, 0.717) is 11.5 Å². The number of aliphatic carboxylic acids is 1. The number of carbonyl (C=O) groups excluding carboxylic acids is 1. The van der Waals surface area contributed by atoms with Gasteiger partial charge in [-0.15, -0.1) is 0 Å². The molecular weight excluding hydrogens is 290 g/mol. The maximum atomic E-state index is 12.3. The van der Waals surface area contributed by atoms with Gasteiger partial charge in [0.2, 0.25) is 0 Å². The van der Waals surface area contributed by atoms with E-state index in [1.165, 1.54) is 0 Å². The summed E-state index contributed by atoms with van der Waals surface area (Å²) in [5, 5.41) is 11.9. The number of carboxylic acid groups (broad SMARTS) is 1. The lowest BCUT2D eigenvalue weighted by Crippen LogP contribution is -2.42. The fourth-order valence-electron chi connectivity index (χ4n) is 2.31. The molecule has 1 atom stereocenters. The van der Waals surface area contributed by atoms with Crippen molar-refractivity contribution in [2.75, 3.05) is 0 Å². The summed E-state index contributed by atoms with van der Waals surface area (Å²) in [5.41, 5.74) is 2.48. The lowest BCUT2D eigenvalue weighted by atomic mass is 10.0. The largest absolute Gasteiger partial charge is 0.480 e. The number of hydrogen-bond donors (Lipinski definition) is 2. The quantitative estimate of drug-likeness (QED) is 0.860. The minimum Gasteiger partial charge on any atom is -0.480 e. The predicted molar refractivity (Wildman–Crippen MR) is 89.6 cm³/mol. The van der Waals surface area contributed by atoms with Gasteiger partial charge in [0.1, 0.15) is 6.04 Å². The predicted octanol–water partition coefficient (Wildman–Crippen LogP) is 3.24. The Kier molecular flexibility index (Phi) is 5.52. The zero-order valence-electron chi connectivity index (χ0n) is 13.3. The molecule has 1 amide bonds. The minimum atomic E-state index is -1.04. The van der Waals surface area contributed by atoms with E-state index in [4.69, 9.17) is 0 Å². The van der Waals surface area contributed by atoms with E-state index >= 15 is 0 Å². The van der Waals surface area contributed by atoms with Crippen LogP contribution in [0.15, 0.2) is 54.6 Å². The third-order valence-corrected chi connectivity index (χ3v) is 3.73. The molecule has 0 aliphatic heterocycles. The topological polar surface area (TPSA) is 66.4 Å². The molecule has 0 bridgehead atoms. The van der Waals surface area contributed by atoms with Gasteiger partial charge in [0.15, 0.2) is 0 Å². The van der Waals surface area contributed by atoms with Crippen molar-refractivity contribution in [2.24, 2.45) is 0 Å². The van der Waals surface area contributed by atoms with Crippen LogP contribution < -0.4 is 5.32 Å². The van der Waals surface area contributed by atoms with Crippen LogP contribution in [0.4, 0.5) is 0 Å². The molecule has 120 valence electrons. The maximum Gasteiger partial charge on any atom is 0.326 e. The second-order valence-corrected chi connectivity index (χ2v) is 5.83. The zero-order chi connectivity index (χ0) is 16.8. The summed E-state index contributed by atoms with van der Waals surface area (Å²) in [5.74, 6) is -1.03. The first-order valence-electron chi connectivity index (χ1n) is 7.65.